The Morgan fingerprint density at radius 3 is 1.06 bits per heavy atom. The molecule has 102 valence electrons. The summed E-state index contributed by atoms with van der Waals surface area (Å²) in [7, 11) is 3.25. The second-order valence-electron chi connectivity index (χ2n) is 3.46. The van der Waals surface area contributed by atoms with Gasteiger partial charge in [0.1, 0.15) is 0 Å². The summed E-state index contributed by atoms with van der Waals surface area (Å²) in [6.07, 6.45) is 1.25. The summed E-state index contributed by atoms with van der Waals surface area (Å²) in [6, 6.07) is 16.7. The molecule has 18 heavy (non-hydrogen) atoms. The molecule has 0 bridgehead atoms. The Balaban J connectivity index is 0. The molecule has 0 unspecified atom stereocenters. The van der Waals surface area contributed by atoms with Crippen molar-refractivity contribution in [3.8, 4) is 0 Å². The zero-order valence-electron chi connectivity index (χ0n) is 12.7. The molecule has 2 aromatic rings. The fourth-order valence-corrected chi connectivity index (χ4v) is 1.13. The predicted molar refractivity (Wildman–Crippen MR) is 84.2 cm³/mol. The highest BCUT2D eigenvalue weighted by molar-refractivity contribution is 5.81. The fraction of sp³-hybridized carbons (Fsp3) is 0.412. The first-order valence-electron chi connectivity index (χ1n) is 6.64. The van der Waals surface area contributed by atoms with E-state index in [1.54, 1.807) is 14.2 Å². The molecule has 0 amide bonds. The molecular formula is C17H28O. The number of rotatable bonds is 0. The van der Waals surface area contributed by atoms with Crippen LogP contribution >= 0.6 is 0 Å². The van der Waals surface area contributed by atoms with Crippen molar-refractivity contribution >= 4 is 10.8 Å². The summed E-state index contributed by atoms with van der Waals surface area (Å²) < 4.78 is 4.25. The lowest BCUT2D eigenvalue weighted by atomic mass is 10.1. The van der Waals surface area contributed by atoms with Gasteiger partial charge in [0.05, 0.1) is 0 Å². The van der Waals surface area contributed by atoms with Crippen LogP contribution in [0.2, 0.25) is 0 Å². The Labute approximate surface area is 113 Å². The molecule has 0 saturated carbocycles. The van der Waals surface area contributed by atoms with Crippen molar-refractivity contribution in [3.63, 3.8) is 0 Å². The molecule has 0 aliphatic rings. The standard InChI is InChI=1S/C10H8.C3H8.C2H6O.C2H6/c1-2-6-10-8-4-3-7-9(10)5-1;2*1-3-2;1-2/h1-8H;3H2,1-2H3;1-2H3;1-2H3. The third-order valence-corrected chi connectivity index (χ3v) is 1.66. The van der Waals surface area contributed by atoms with Crippen LogP contribution in [0.5, 0.6) is 0 Å². The van der Waals surface area contributed by atoms with E-state index in [1.807, 2.05) is 13.8 Å². The molecule has 1 nitrogen and oxygen atoms in total. The van der Waals surface area contributed by atoms with Gasteiger partial charge in [0.25, 0.3) is 0 Å². The Bertz CT molecular complexity index is 301. The summed E-state index contributed by atoms with van der Waals surface area (Å²) in [4.78, 5) is 0. The van der Waals surface area contributed by atoms with Crippen LogP contribution < -0.4 is 0 Å². The average Bonchev–Trinajstić information content (AvgIpc) is 2.43. The van der Waals surface area contributed by atoms with Crippen LogP contribution in [0.3, 0.4) is 0 Å². The van der Waals surface area contributed by atoms with E-state index in [0.29, 0.717) is 0 Å². The fourth-order valence-electron chi connectivity index (χ4n) is 1.13. The van der Waals surface area contributed by atoms with Gasteiger partial charge in [-0.05, 0) is 10.8 Å². The van der Waals surface area contributed by atoms with Gasteiger partial charge in [-0.15, -0.1) is 0 Å². The minimum absolute atomic E-state index is 1.25. The maximum atomic E-state index is 4.25. The first kappa shape index (κ1) is 19.0. The average molecular weight is 248 g/mol. The van der Waals surface area contributed by atoms with E-state index in [4.69, 9.17) is 0 Å². The monoisotopic (exact) mass is 248 g/mol. The SMILES string of the molecule is CC.CCC.COC.c1ccc2ccccc2c1. The van der Waals surface area contributed by atoms with Crippen LogP contribution in [0.15, 0.2) is 48.5 Å². The number of hydrogen-bond donors (Lipinski definition) is 0. The molecule has 0 heterocycles. The second kappa shape index (κ2) is 15.7. The molecule has 1 heteroatoms. The van der Waals surface area contributed by atoms with Gasteiger partial charge in [-0.3, -0.25) is 0 Å². The Hall–Kier alpha value is -1.34. The maximum Gasteiger partial charge on any atom is 0.0351 e. The van der Waals surface area contributed by atoms with Gasteiger partial charge < -0.3 is 4.74 Å². The van der Waals surface area contributed by atoms with Gasteiger partial charge in [-0.2, -0.15) is 0 Å². The zero-order chi connectivity index (χ0) is 14.2. The van der Waals surface area contributed by atoms with Crippen molar-refractivity contribution in [1.82, 2.24) is 0 Å². The highest BCUT2D eigenvalue weighted by Gasteiger charge is 1.85. The smallest absolute Gasteiger partial charge is 0.0351 e. The summed E-state index contributed by atoms with van der Waals surface area (Å²) in [5.74, 6) is 0. The van der Waals surface area contributed by atoms with Crippen molar-refractivity contribution in [1.29, 1.82) is 0 Å². The first-order valence-corrected chi connectivity index (χ1v) is 6.64. The van der Waals surface area contributed by atoms with Gasteiger partial charge >= 0.3 is 0 Å². The number of benzene rings is 2. The quantitative estimate of drug-likeness (QED) is 0.594. The zero-order valence-corrected chi connectivity index (χ0v) is 12.7. The lowest BCUT2D eigenvalue weighted by Gasteiger charge is -1.92. The molecule has 0 atom stereocenters. The van der Waals surface area contributed by atoms with E-state index in [-0.39, 0.29) is 0 Å². The van der Waals surface area contributed by atoms with Crippen LogP contribution in [-0.2, 0) is 4.74 Å². The molecular weight excluding hydrogens is 220 g/mol. The normalized spacial score (nSPS) is 7.89. The van der Waals surface area contributed by atoms with Gasteiger partial charge in [-0.1, -0.05) is 82.6 Å². The van der Waals surface area contributed by atoms with Crippen LogP contribution in [0.25, 0.3) is 10.8 Å². The van der Waals surface area contributed by atoms with E-state index >= 15 is 0 Å². The van der Waals surface area contributed by atoms with Gasteiger partial charge in [-0.25, -0.2) is 0 Å². The van der Waals surface area contributed by atoms with E-state index < -0.39 is 0 Å². The molecule has 0 saturated heterocycles. The molecule has 2 rings (SSSR count). The number of fused-ring (bicyclic) bond motifs is 1. The van der Waals surface area contributed by atoms with Crippen molar-refractivity contribution < 1.29 is 4.74 Å². The van der Waals surface area contributed by atoms with Gasteiger partial charge in [0.15, 0.2) is 0 Å². The van der Waals surface area contributed by atoms with E-state index in [0.717, 1.165) is 0 Å². The Morgan fingerprint density at radius 2 is 0.889 bits per heavy atom. The lowest BCUT2D eigenvalue weighted by molar-refractivity contribution is 0.277. The maximum absolute atomic E-state index is 4.25. The molecule has 2 aromatic carbocycles. The number of hydrogen-bond acceptors (Lipinski definition) is 1. The van der Waals surface area contributed by atoms with Crippen molar-refractivity contribution in [3.05, 3.63) is 48.5 Å². The van der Waals surface area contributed by atoms with Crippen molar-refractivity contribution in [2.24, 2.45) is 0 Å². The molecule has 0 radical (unpaired) electrons. The molecule has 0 aliphatic heterocycles. The Kier molecular flexibility index (Phi) is 16.5. The van der Waals surface area contributed by atoms with E-state index in [2.05, 4.69) is 67.1 Å². The van der Waals surface area contributed by atoms with Crippen LogP contribution in [0.1, 0.15) is 34.1 Å². The highest BCUT2D eigenvalue weighted by Crippen LogP contribution is 2.11. The van der Waals surface area contributed by atoms with Gasteiger partial charge in [0, 0.05) is 14.2 Å². The van der Waals surface area contributed by atoms with Crippen molar-refractivity contribution in [2.45, 2.75) is 34.1 Å². The minimum Gasteiger partial charge on any atom is -0.388 e. The molecule has 0 fully saturated rings. The lowest BCUT2D eigenvalue weighted by Crippen LogP contribution is -1.67. The first-order chi connectivity index (χ1) is 8.79. The summed E-state index contributed by atoms with van der Waals surface area (Å²) in [5, 5.41) is 2.62. The van der Waals surface area contributed by atoms with Gasteiger partial charge in [0.2, 0.25) is 0 Å². The third-order valence-electron chi connectivity index (χ3n) is 1.66. The molecule has 0 spiro atoms. The topological polar surface area (TPSA) is 9.23 Å². The van der Waals surface area contributed by atoms with Crippen molar-refractivity contribution in [2.75, 3.05) is 14.2 Å². The molecule has 0 aliphatic carbocycles. The number of methoxy groups -OCH3 is 1. The highest BCUT2D eigenvalue weighted by atomic mass is 16.4. The van der Waals surface area contributed by atoms with E-state index in [9.17, 15) is 0 Å². The predicted octanol–water partition coefficient (Wildman–Crippen LogP) is 5.54. The molecule has 0 N–H and O–H groups in total. The number of ether oxygens (including phenoxy) is 1. The van der Waals surface area contributed by atoms with Crippen LogP contribution in [0, 0.1) is 0 Å². The second-order valence-corrected chi connectivity index (χ2v) is 3.46. The Morgan fingerprint density at radius 1 is 0.722 bits per heavy atom. The molecule has 0 aromatic heterocycles. The summed E-state index contributed by atoms with van der Waals surface area (Å²) in [5.41, 5.74) is 0. The van der Waals surface area contributed by atoms with Crippen LogP contribution in [-0.4, -0.2) is 14.2 Å². The largest absolute Gasteiger partial charge is 0.388 e. The summed E-state index contributed by atoms with van der Waals surface area (Å²) >= 11 is 0. The van der Waals surface area contributed by atoms with Crippen LogP contribution in [0.4, 0.5) is 0 Å². The third kappa shape index (κ3) is 9.86. The minimum atomic E-state index is 1.25. The van der Waals surface area contributed by atoms with E-state index in [1.165, 1.54) is 17.2 Å². The summed E-state index contributed by atoms with van der Waals surface area (Å²) in [6.45, 7) is 8.25.